The summed E-state index contributed by atoms with van der Waals surface area (Å²) in [7, 11) is 1.26. The van der Waals surface area contributed by atoms with E-state index in [2.05, 4.69) is 27.5 Å². The van der Waals surface area contributed by atoms with Crippen molar-refractivity contribution in [3.8, 4) is 0 Å². The molecule has 1 rings (SSSR count). The smallest absolute Gasteiger partial charge is 0.407 e. The van der Waals surface area contributed by atoms with E-state index in [4.69, 9.17) is 0 Å². The minimum atomic E-state index is -0.602. The van der Waals surface area contributed by atoms with Gasteiger partial charge in [0.25, 0.3) is 0 Å². The summed E-state index contributed by atoms with van der Waals surface area (Å²) in [6.07, 6.45) is 1.19. The van der Waals surface area contributed by atoms with Crippen LogP contribution < -0.4 is 10.6 Å². The van der Waals surface area contributed by atoms with Crippen LogP contribution in [-0.4, -0.2) is 32.2 Å². The van der Waals surface area contributed by atoms with Crippen LogP contribution >= 0.6 is 0 Å². The minimum Gasteiger partial charge on any atom is -0.453 e. The zero-order valence-electron chi connectivity index (χ0n) is 10.4. The van der Waals surface area contributed by atoms with E-state index in [0.717, 1.165) is 12.8 Å². The highest BCUT2D eigenvalue weighted by Crippen LogP contribution is 2.01. The van der Waals surface area contributed by atoms with Gasteiger partial charge < -0.3 is 15.4 Å². The van der Waals surface area contributed by atoms with Crippen molar-refractivity contribution in [3.05, 3.63) is 35.9 Å². The zero-order chi connectivity index (χ0) is 13.2. The lowest BCUT2D eigenvalue weighted by Crippen LogP contribution is -2.37. The number of hydrogen-bond donors (Lipinski definition) is 2. The number of carbonyl (C=O) groups is 2. The van der Waals surface area contributed by atoms with Crippen LogP contribution in [-0.2, 0) is 16.0 Å². The van der Waals surface area contributed by atoms with Gasteiger partial charge in [-0.15, -0.1) is 0 Å². The Balaban J connectivity index is 2.07. The molecule has 0 bridgehead atoms. The Hall–Kier alpha value is -2.04. The number of amides is 2. The summed E-state index contributed by atoms with van der Waals surface area (Å²) in [5.74, 6) is -0.214. The number of carbonyl (C=O) groups excluding carboxylic acids is 2. The van der Waals surface area contributed by atoms with Gasteiger partial charge in [-0.25, -0.2) is 4.79 Å². The third kappa shape index (κ3) is 5.89. The van der Waals surface area contributed by atoms with Gasteiger partial charge in [0.1, 0.15) is 0 Å². The van der Waals surface area contributed by atoms with Crippen LogP contribution in [0.5, 0.6) is 0 Å². The van der Waals surface area contributed by atoms with Gasteiger partial charge in [0, 0.05) is 6.54 Å². The fourth-order valence-electron chi connectivity index (χ4n) is 1.45. The van der Waals surface area contributed by atoms with E-state index in [1.807, 2.05) is 18.2 Å². The second kappa shape index (κ2) is 8.11. The number of rotatable bonds is 6. The Bertz CT molecular complexity index is 379. The van der Waals surface area contributed by atoms with Crippen molar-refractivity contribution >= 4 is 12.0 Å². The molecule has 1 aromatic carbocycles. The second-order valence-electron chi connectivity index (χ2n) is 3.78. The molecule has 5 nitrogen and oxygen atoms in total. The van der Waals surface area contributed by atoms with E-state index in [9.17, 15) is 9.59 Å². The van der Waals surface area contributed by atoms with Crippen LogP contribution in [0.2, 0.25) is 0 Å². The summed E-state index contributed by atoms with van der Waals surface area (Å²) in [5, 5.41) is 5.04. The monoisotopic (exact) mass is 250 g/mol. The van der Waals surface area contributed by atoms with Crippen molar-refractivity contribution in [2.75, 3.05) is 20.2 Å². The highest BCUT2D eigenvalue weighted by Gasteiger charge is 2.03. The molecule has 18 heavy (non-hydrogen) atoms. The summed E-state index contributed by atoms with van der Waals surface area (Å²) in [5.41, 5.74) is 1.25. The Labute approximate surface area is 107 Å². The summed E-state index contributed by atoms with van der Waals surface area (Å²) < 4.78 is 4.35. The molecule has 0 radical (unpaired) electrons. The lowest BCUT2D eigenvalue weighted by atomic mass is 10.1. The highest BCUT2D eigenvalue weighted by molar-refractivity contribution is 5.81. The van der Waals surface area contributed by atoms with Crippen LogP contribution in [0.25, 0.3) is 0 Å². The van der Waals surface area contributed by atoms with E-state index < -0.39 is 6.09 Å². The van der Waals surface area contributed by atoms with Gasteiger partial charge in [-0.05, 0) is 18.4 Å². The Kier molecular flexibility index (Phi) is 6.32. The normalized spacial score (nSPS) is 9.61. The third-order valence-corrected chi connectivity index (χ3v) is 2.39. The van der Waals surface area contributed by atoms with Gasteiger partial charge in [-0.2, -0.15) is 0 Å². The molecule has 0 saturated heterocycles. The van der Waals surface area contributed by atoms with Crippen LogP contribution in [0, 0.1) is 0 Å². The van der Waals surface area contributed by atoms with Gasteiger partial charge >= 0.3 is 6.09 Å². The molecule has 5 heteroatoms. The molecule has 0 aliphatic rings. The second-order valence-corrected chi connectivity index (χ2v) is 3.78. The summed E-state index contributed by atoms with van der Waals surface area (Å²) in [6, 6.07) is 10.1. The van der Waals surface area contributed by atoms with Crippen molar-refractivity contribution in [1.29, 1.82) is 0 Å². The standard InChI is InChI=1S/C13H18N2O3/c1-18-13(17)15-10-12(16)14-9-5-8-11-6-3-2-4-7-11/h2-4,6-7H,5,8-10H2,1H3,(H,14,16)(H,15,17). The average Bonchev–Trinajstić information content (AvgIpc) is 2.42. The fourth-order valence-corrected chi connectivity index (χ4v) is 1.45. The Morgan fingerprint density at radius 3 is 2.56 bits per heavy atom. The van der Waals surface area contributed by atoms with Gasteiger partial charge in [-0.1, -0.05) is 30.3 Å². The van der Waals surface area contributed by atoms with Gasteiger partial charge in [-0.3, -0.25) is 4.79 Å². The molecule has 0 spiro atoms. The first-order valence-electron chi connectivity index (χ1n) is 5.85. The topological polar surface area (TPSA) is 67.4 Å². The molecular formula is C13H18N2O3. The largest absolute Gasteiger partial charge is 0.453 e. The maximum absolute atomic E-state index is 11.3. The van der Waals surface area contributed by atoms with Crippen molar-refractivity contribution in [2.24, 2.45) is 0 Å². The van der Waals surface area contributed by atoms with E-state index in [1.165, 1.54) is 12.7 Å². The maximum Gasteiger partial charge on any atom is 0.407 e. The Morgan fingerprint density at radius 2 is 1.89 bits per heavy atom. The number of aryl methyl sites for hydroxylation is 1. The molecule has 2 N–H and O–H groups in total. The fraction of sp³-hybridized carbons (Fsp3) is 0.385. The van der Waals surface area contributed by atoms with E-state index in [-0.39, 0.29) is 12.5 Å². The molecule has 0 heterocycles. The lowest BCUT2D eigenvalue weighted by Gasteiger charge is -2.06. The summed E-state index contributed by atoms with van der Waals surface area (Å²) >= 11 is 0. The number of hydrogen-bond acceptors (Lipinski definition) is 3. The molecule has 0 aliphatic heterocycles. The van der Waals surface area contributed by atoms with Crippen LogP contribution in [0.3, 0.4) is 0 Å². The maximum atomic E-state index is 11.3. The number of methoxy groups -OCH3 is 1. The predicted octanol–water partition coefficient (Wildman–Crippen LogP) is 1.09. The van der Waals surface area contributed by atoms with Crippen LogP contribution in [0.15, 0.2) is 30.3 Å². The molecule has 0 fully saturated rings. The molecule has 0 saturated carbocycles. The van der Waals surface area contributed by atoms with Crippen LogP contribution in [0.4, 0.5) is 4.79 Å². The molecular weight excluding hydrogens is 232 g/mol. The molecule has 0 atom stereocenters. The summed E-state index contributed by atoms with van der Waals surface area (Å²) in [4.78, 5) is 22.0. The molecule has 0 unspecified atom stereocenters. The number of benzene rings is 1. The van der Waals surface area contributed by atoms with Crippen molar-refractivity contribution in [3.63, 3.8) is 0 Å². The highest BCUT2D eigenvalue weighted by atomic mass is 16.5. The molecule has 2 amide bonds. The number of nitrogens with one attached hydrogen (secondary N) is 2. The van der Waals surface area contributed by atoms with E-state index in [0.29, 0.717) is 6.54 Å². The van der Waals surface area contributed by atoms with Crippen molar-refractivity contribution in [1.82, 2.24) is 10.6 Å². The average molecular weight is 250 g/mol. The van der Waals surface area contributed by atoms with Crippen LogP contribution in [0.1, 0.15) is 12.0 Å². The first-order chi connectivity index (χ1) is 8.72. The summed E-state index contributed by atoms with van der Waals surface area (Å²) in [6.45, 7) is 0.536. The van der Waals surface area contributed by atoms with E-state index >= 15 is 0 Å². The first-order valence-corrected chi connectivity index (χ1v) is 5.85. The number of ether oxygens (including phenoxy) is 1. The van der Waals surface area contributed by atoms with Gasteiger partial charge in [0.2, 0.25) is 5.91 Å². The van der Waals surface area contributed by atoms with Gasteiger partial charge in [0.15, 0.2) is 0 Å². The Morgan fingerprint density at radius 1 is 1.17 bits per heavy atom. The quantitative estimate of drug-likeness (QED) is 0.743. The van der Waals surface area contributed by atoms with Gasteiger partial charge in [0.05, 0.1) is 13.7 Å². The van der Waals surface area contributed by atoms with E-state index in [1.54, 1.807) is 0 Å². The minimum absolute atomic E-state index is 0.0575. The predicted molar refractivity (Wildman–Crippen MR) is 68.2 cm³/mol. The number of alkyl carbamates (subject to hydrolysis) is 1. The lowest BCUT2D eigenvalue weighted by molar-refractivity contribution is -0.120. The first kappa shape index (κ1) is 14.0. The molecule has 98 valence electrons. The zero-order valence-corrected chi connectivity index (χ0v) is 10.4. The molecule has 0 aromatic heterocycles. The van der Waals surface area contributed by atoms with Crippen molar-refractivity contribution < 1.29 is 14.3 Å². The molecule has 1 aromatic rings. The SMILES string of the molecule is COC(=O)NCC(=O)NCCCc1ccccc1. The van der Waals surface area contributed by atoms with Crippen molar-refractivity contribution in [2.45, 2.75) is 12.8 Å². The third-order valence-electron chi connectivity index (χ3n) is 2.39. The molecule has 0 aliphatic carbocycles.